The molecule has 11 heteroatoms. The van der Waals surface area contributed by atoms with Crippen LogP contribution in [0.25, 0.3) is 0 Å². The summed E-state index contributed by atoms with van der Waals surface area (Å²) in [7, 11) is -3.82. The summed E-state index contributed by atoms with van der Waals surface area (Å²) in [6.07, 6.45) is -4.01. The van der Waals surface area contributed by atoms with Crippen molar-refractivity contribution < 1.29 is 31.1 Å². The van der Waals surface area contributed by atoms with Crippen molar-refractivity contribution >= 4 is 33.0 Å². The fraction of sp³-hybridized carbons (Fsp3) is 0.353. The lowest BCUT2D eigenvalue weighted by Gasteiger charge is -2.22. The molecule has 0 saturated carbocycles. The highest BCUT2D eigenvalue weighted by atomic mass is 32.2. The number of carbonyl (C=O) groups is 1. The molecule has 3 rings (SSSR count). The number of thiophene rings is 1. The number of hydrogen-bond acceptors (Lipinski definition) is 5. The number of anilines is 1. The van der Waals surface area contributed by atoms with Gasteiger partial charge in [-0.2, -0.15) is 4.31 Å². The van der Waals surface area contributed by atoms with Gasteiger partial charge in [-0.05, 0) is 44.0 Å². The molecule has 0 spiro atoms. The number of halogens is 3. The van der Waals surface area contributed by atoms with Gasteiger partial charge in [-0.1, -0.05) is 6.07 Å². The monoisotopic (exact) mass is 434 g/mol. The molecule has 1 aliphatic heterocycles. The van der Waals surface area contributed by atoms with E-state index in [1.165, 1.54) is 18.2 Å². The van der Waals surface area contributed by atoms with Gasteiger partial charge in [-0.15, -0.1) is 24.5 Å². The molecule has 1 aromatic heterocycles. The Morgan fingerprint density at radius 2 is 2.04 bits per heavy atom. The average Bonchev–Trinajstić information content (AvgIpc) is 3.23. The van der Waals surface area contributed by atoms with Crippen LogP contribution in [0, 0.1) is 6.92 Å². The topological polar surface area (TPSA) is 75.7 Å². The standard InChI is InChI=1S/C17H17F3N2O4S2/c1-11-7-8-15(27-11)28(24,25)22-9-3-6-14(22)16(23)21-12-4-2-5-13(10-12)26-17(18,19)20/h2,4-5,7-8,10,14H,3,6,9H2,1H3,(H,21,23)/t14-/m1/s1. The number of alkyl halides is 3. The summed E-state index contributed by atoms with van der Waals surface area (Å²) in [5.74, 6) is -1.08. The maximum atomic E-state index is 12.8. The van der Waals surface area contributed by atoms with Crippen LogP contribution in [0.4, 0.5) is 18.9 Å². The quantitative estimate of drug-likeness (QED) is 0.778. The molecular weight excluding hydrogens is 417 g/mol. The number of rotatable bonds is 5. The van der Waals surface area contributed by atoms with Gasteiger partial charge in [0.15, 0.2) is 0 Å². The Kier molecular flexibility index (Phi) is 5.69. The zero-order chi connectivity index (χ0) is 20.5. The van der Waals surface area contributed by atoms with Crippen molar-refractivity contribution in [2.75, 3.05) is 11.9 Å². The fourth-order valence-electron chi connectivity index (χ4n) is 2.95. The SMILES string of the molecule is Cc1ccc(S(=O)(=O)N2CCC[C@@H]2C(=O)Nc2cccc(OC(F)(F)F)c2)s1. The van der Waals surface area contributed by atoms with E-state index in [4.69, 9.17) is 0 Å². The molecule has 0 bridgehead atoms. The van der Waals surface area contributed by atoms with E-state index in [2.05, 4.69) is 10.1 Å². The van der Waals surface area contributed by atoms with Crippen LogP contribution in [0.5, 0.6) is 5.75 Å². The smallest absolute Gasteiger partial charge is 0.406 e. The Bertz CT molecular complexity index is 973. The Labute approximate surface area is 164 Å². The number of aryl methyl sites for hydroxylation is 1. The van der Waals surface area contributed by atoms with E-state index in [9.17, 15) is 26.4 Å². The number of nitrogens with zero attached hydrogens (tertiary/aromatic N) is 1. The second-order valence-corrected chi connectivity index (χ2v) is 9.61. The molecule has 0 aliphatic carbocycles. The Morgan fingerprint density at radius 1 is 1.29 bits per heavy atom. The van der Waals surface area contributed by atoms with Crippen molar-refractivity contribution in [1.82, 2.24) is 4.31 Å². The van der Waals surface area contributed by atoms with Gasteiger partial charge in [0, 0.05) is 23.2 Å². The molecule has 2 aromatic rings. The first-order chi connectivity index (χ1) is 13.1. The number of sulfonamides is 1. The first-order valence-electron chi connectivity index (χ1n) is 8.31. The lowest BCUT2D eigenvalue weighted by atomic mass is 10.2. The largest absolute Gasteiger partial charge is 0.573 e. The molecule has 1 fully saturated rings. The van der Waals surface area contributed by atoms with Gasteiger partial charge in [0.05, 0.1) is 0 Å². The van der Waals surface area contributed by atoms with E-state index in [-0.39, 0.29) is 16.4 Å². The molecule has 0 radical (unpaired) electrons. The van der Waals surface area contributed by atoms with Crippen molar-refractivity contribution in [2.45, 2.75) is 36.4 Å². The summed E-state index contributed by atoms with van der Waals surface area (Å²) in [6, 6.07) is 7.09. The zero-order valence-electron chi connectivity index (χ0n) is 14.7. The first-order valence-corrected chi connectivity index (χ1v) is 10.6. The van der Waals surface area contributed by atoms with Crippen LogP contribution in [0.1, 0.15) is 17.7 Å². The minimum Gasteiger partial charge on any atom is -0.406 e. The van der Waals surface area contributed by atoms with Gasteiger partial charge in [-0.3, -0.25) is 4.79 Å². The summed E-state index contributed by atoms with van der Waals surface area (Å²) in [5, 5.41) is 2.48. The number of nitrogens with one attached hydrogen (secondary N) is 1. The molecule has 1 aliphatic rings. The molecule has 1 saturated heterocycles. The second-order valence-electron chi connectivity index (χ2n) is 6.20. The number of carbonyl (C=O) groups excluding carboxylic acids is 1. The normalized spacial score (nSPS) is 18.2. The summed E-state index contributed by atoms with van der Waals surface area (Å²) >= 11 is 1.12. The highest BCUT2D eigenvalue weighted by molar-refractivity contribution is 7.91. The number of amides is 1. The number of benzene rings is 1. The first kappa shape index (κ1) is 20.6. The van der Waals surface area contributed by atoms with Crippen LogP contribution in [-0.4, -0.2) is 37.6 Å². The van der Waals surface area contributed by atoms with Gasteiger partial charge in [0.1, 0.15) is 16.0 Å². The summed E-state index contributed by atoms with van der Waals surface area (Å²) in [5.41, 5.74) is 0.0861. The van der Waals surface area contributed by atoms with Crippen LogP contribution >= 0.6 is 11.3 Å². The molecule has 1 amide bonds. The molecule has 28 heavy (non-hydrogen) atoms. The van der Waals surface area contributed by atoms with Gasteiger partial charge in [0.2, 0.25) is 5.91 Å². The highest BCUT2D eigenvalue weighted by Crippen LogP contribution is 2.31. The molecule has 2 heterocycles. The minimum absolute atomic E-state index is 0.0861. The fourth-order valence-corrected chi connectivity index (χ4v) is 6.02. The van der Waals surface area contributed by atoms with Crippen LogP contribution in [0.3, 0.4) is 0 Å². The van der Waals surface area contributed by atoms with E-state index in [1.807, 2.05) is 0 Å². The Morgan fingerprint density at radius 3 is 2.68 bits per heavy atom. The Balaban J connectivity index is 1.76. The molecular formula is C17H17F3N2O4S2. The van der Waals surface area contributed by atoms with E-state index in [1.54, 1.807) is 13.0 Å². The lowest BCUT2D eigenvalue weighted by molar-refractivity contribution is -0.274. The molecule has 1 atom stereocenters. The van der Waals surface area contributed by atoms with E-state index < -0.39 is 34.1 Å². The van der Waals surface area contributed by atoms with Crippen LogP contribution in [-0.2, 0) is 14.8 Å². The van der Waals surface area contributed by atoms with E-state index in [0.29, 0.717) is 12.8 Å². The number of ether oxygens (including phenoxy) is 1. The molecule has 6 nitrogen and oxygen atoms in total. The van der Waals surface area contributed by atoms with Crippen molar-refractivity contribution in [3.8, 4) is 5.75 Å². The lowest BCUT2D eigenvalue weighted by Crippen LogP contribution is -2.42. The van der Waals surface area contributed by atoms with Crippen molar-refractivity contribution in [3.63, 3.8) is 0 Å². The van der Waals surface area contributed by atoms with Gasteiger partial charge >= 0.3 is 6.36 Å². The summed E-state index contributed by atoms with van der Waals surface area (Å²) in [4.78, 5) is 13.5. The van der Waals surface area contributed by atoms with Gasteiger partial charge in [-0.25, -0.2) is 8.42 Å². The maximum Gasteiger partial charge on any atom is 0.573 e. The van der Waals surface area contributed by atoms with Crippen LogP contribution in [0.15, 0.2) is 40.6 Å². The summed E-state index contributed by atoms with van der Waals surface area (Å²) < 4.78 is 67.8. The highest BCUT2D eigenvalue weighted by Gasteiger charge is 2.40. The van der Waals surface area contributed by atoms with Crippen molar-refractivity contribution in [1.29, 1.82) is 0 Å². The third-order valence-electron chi connectivity index (χ3n) is 4.12. The molecule has 152 valence electrons. The van der Waals surface area contributed by atoms with Crippen molar-refractivity contribution in [3.05, 3.63) is 41.3 Å². The average molecular weight is 434 g/mol. The Hall–Kier alpha value is -2.11. The predicted molar refractivity (Wildman–Crippen MR) is 97.7 cm³/mol. The van der Waals surface area contributed by atoms with E-state index >= 15 is 0 Å². The molecule has 1 N–H and O–H groups in total. The maximum absolute atomic E-state index is 12.8. The van der Waals surface area contributed by atoms with E-state index in [0.717, 1.165) is 32.7 Å². The zero-order valence-corrected chi connectivity index (χ0v) is 16.3. The predicted octanol–water partition coefficient (Wildman–Crippen LogP) is 3.75. The van der Waals surface area contributed by atoms with Gasteiger partial charge < -0.3 is 10.1 Å². The van der Waals surface area contributed by atoms with Crippen LogP contribution in [0.2, 0.25) is 0 Å². The number of hydrogen-bond donors (Lipinski definition) is 1. The van der Waals surface area contributed by atoms with Crippen molar-refractivity contribution in [2.24, 2.45) is 0 Å². The minimum atomic E-state index is -4.85. The van der Waals surface area contributed by atoms with Gasteiger partial charge in [0.25, 0.3) is 10.0 Å². The molecule has 0 unspecified atom stereocenters. The third kappa shape index (κ3) is 4.65. The molecule has 1 aromatic carbocycles. The second kappa shape index (κ2) is 7.72. The third-order valence-corrected chi connectivity index (χ3v) is 7.50. The van der Waals surface area contributed by atoms with Crippen LogP contribution < -0.4 is 10.1 Å². The summed E-state index contributed by atoms with van der Waals surface area (Å²) in [6.45, 7) is 1.99.